The molecule has 0 bridgehead atoms. The van der Waals surface area contributed by atoms with Crippen molar-refractivity contribution in [2.45, 2.75) is 50.7 Å². The van der Waals surface area contributed by atoms with E-state index in [0.29, 0.717) is 18.3 Å². The van der Waals surface area contributed by atoms with Crippen molar-refractivity contribution in [2.75, 3.05) is 45.6 Å². The Balaban J connectivity index is 0.000000154. The first-order valence-corrected chi connectivity index (χ1v) is 21.6. The van der Waals surface area contributed by atoms with Crippen LogP contribution in [-0.2, 0) is 27.1 Å². The summed E-state index contributed by atoms with van der Waals surface area (Å²) in [6, 6.07) is 29.0. The molecule has 0 amide bonds. The van der Waals surface area contributed by atoms with Crippen LogP contribution in [0, 0.1) is 23.5 Å². The number of aromatic nitrogens is 2. The van der Waals surface area contributed by atoms with Crippen molar-refractivity contribution >= 4 is 31.9 Å². The van der Waals surface area contributed by atoms with Crippen LogP contribution in [0.5, 0.6) is 0 Å². The van der Waals surface area contributed by atoms with E-state index in [1.165, 1.54) is 35.2 Å². The number of halogens is 2. The maximum atomic E-state index is 13.0. The molecule has 2 saturated heterocycles. The van der Waals surface area contributed by atoms with Crippen LogP contribution in [0.3, 0.4) is 0 Å². The van der Waals surface area contributed by atoms with Gasteiger partial charge >= 0.3 is 0 Å². The van der Waals surface area contributed by atoms with Gasteiger partial charge in [-0.25, -0.2) is 8.78 Å². The SMILES string of the molecule is CS(=O)(=O)OCCc1ccc(F)cc1.OC(c1cccc2cc[nH]c12)C1CCN(CCc2ccc(F)cc2)CC1.OC(c1cccc2cc[nH]c12)C1CCNCC1. The number of fused-ring (bicyclic) bond motifs is 2. The fourth-order valence-corrected chi connectivity index (χ4v) is 8.16. The van der Waals surface area contributed by atoms with Crippen LogP contribution in [0.4, 0.5) is 8.78 Å². The first-order chi connectivity index (χ1) is 27.5. The highest BCUT2D eigenvalue weighted by atomic mass is 32.2. The Hall–Kier alpha value is -4.43. The van der Waals surface area contributed by atoms with Gasteiger partial charge in [-0.05, 0) is 135 Å². The fraction of sp³-hybridized carbons (Fsp3) is 0.378. The maximum Gasteiger partial charge on any atom is 0.264 e. The second kappa shape index (κ2) is 20.3. The molecule has 2 atom stereocenters. The van der Waals surface area contributed by atoms with Crippen LogP contribution in [0.1, 0.15) is 60.1 Å². The number of nitrogens with zero attached hydrogens (tertiary/aromatic N) is 1. The Morgan fingerprint density at radius 1 is 0.684 bits per heavy atom. The molecule has 2 aliphatic heterocycles. The van der Waals surface area contributed by atoms with Gasteiger partial charge in [-0.1, -0.05) is 60.7 Å². The third-order valence-electron chi connectivity index (χ3n) is 11.0. The van der Waals surface area contributed by atoms with Gasteiger partial charge in [-0.15, -0.1) is 0 Å². The van der Waals surface area contributed by atoms with E-state index in [0.717, 1.165) is 104 Å². The van der Waals surface area contributed by atoms with Crippen molar-refractivity contribution in [2.24, 2.45) is 11.8 Å². The van der Waals surface area contributed by atoms with E-state index in [9.17, 15) is 27.4 Å². The Morgan fingerprint density at radius 2 is 1.16 bits per heavy atom. The van der Waals surface area contributed by atoms with E-state index in [1.54, 1.807) is 12.1 Å². The molecular weight excluding hydrogens is 747 g/mol. The summed E-state index contributed by atoms with van der Waals surface area (Å²) in [5.74, 6) is 0.189. The summed E-state index contributed by atoms with van der Waals surface area (Å²) < 4.78 is 51.2. The molecule has 2 fully saturated rings. The van der Waals surface area contributed by atoms with Gasteiger partial charge in [0.05, 0.1) is 36.1 Å². The molecule has 2 aliphatic rings. The Morgan fingerprint density at radius 3 is 1.65 bits per heavy atom. The Kier molecular flexibility index (Phi) is 15.0. The minimum absolute atomic E-state index is 0.0878. The summed E-state index contributed by atoms with van der Waals surface area (Å²) >= 11 is 0. The highest BCUT2D eigenvalue weighted by Crippen LogP contribution is 2.34. The van der Waals surface area contributed by atoms with Crippen LogP contribution in [0.25, 0.3) is 21.8 Å². The van der Waals surface area contributed by atoms with E-state index >= 15 is 0 Å². The maximum absolute atomic E-state index is 13.0. The number of aromatic amines is 2. The van der Waals surface area contributed by atoms with E-state index in [-0.39, 0.29) is 24.3 Å². The van der Waals surface area contributed by atoms with E-state index in [1.807, 2.05) is 60.9 Å². The number of para-hydroxylation sites is 2. The summed E-state index contributed by atoms with van der Waals surface area (Å²) in [5, 5.41) is 27.1. The lowest BCUT2D eigenvalue weighted by atomic mass is 9.86. The molecule has 304 valence electrons. The van der Waals surface area contributed by atoms with Crippen molar-refractivity contribution in [3.05, 3.63) is 143 Å². The lowest BCUT2D eigenvalue weighted by molar-refractivity contribution is 0.0601. The second-order valence-corrected chi connectivity index (χ2v) is 16.7. The number of hydrogen-bond donors (Lipinski definition) is 5. The topological polar surface area (TPSA) is 131 Å². The smallest absolute Gasteiger partial charge is 0.264 e. The lowest BCUT2D eigenvalue weighted by Gasteiger charge is -2.34. The summed E-state index contributed by atoms with van der Waals surface area (Å²) in [4.78, 5) is 8.94. The number of piperidine rings is 2. The van der Waals surface area contributed by atoms with Crippen molar-refractivity contribution < 1.29 is 31.6 Å². The van der Waals surface area contributed by atoms with Crippen molar-refractivity contribution in [1.29, 1.82) is 0 Å². The Labute approximate surface area is 334 Å². The Bertz CT molecular complexity index is 2230. The molecule has 0 radical (unpaired) electrons. The predicted octanol–water partition coefficient (Wildman–Crippen LogP) is 7.84. The van der Waals surface area contributed by atoms with Gasteiger partial charge in [-0.2, -0.15) is 8.42 Å². The number of aliphatic hydroxyl groups excluding tert-OH is 2. The van der Waals surface area contributed by atoms with Crippen molar-refractivity contribution in [3.63, 3.8) is 0 Å². The monoisotopic (exact) mass is 800 g/mol. The average molecular weight is 801 g/mol. The molecule has 6 aromatic rings. The molecule has 12 heteroatoms. The zero-order valence-corrected chi connectivity index (χ0v) is 33.2. The lowest BCUT2D eigenvalue weighted by Crippen LogP contribution is -2.36. The molecule has 57 heavy (non-hydrogen) atoms. The van der Waals surface area contributed by atoms with Crippen LogP contribution in [0.2, 0.25) is 0 Å². The summed E-state index contributed by atoms with van der Waals surface area (Å²) in [6.45, 7) is 5.11. The summed E-state index contributed by atoms with van der Waals surface area (Å²) in [7, 11) is -3.38. The second-order valence-electron chi connectivity index (χ2n) is 15.0. The van der Waals surface area contributed by atoms with Gasteiger partial charge in [-0.3, -0.25) is 4.18 Å². The van der Waals surface area contributed by atoms with Gasteiger partial charge in [0.25, 0.3) is 10.1 Å². The number of aliphatic hydroxyl groups is 2. The molecule has 4 heterocycles. The number of benzene rings is 4. The molecule has 9 nitrogen and oxygen atoms in total. The normalized spacial score (nSPS) is 16.7. The summed E-state index contributed by atoms with van der Waals surface area (Å²) in [6.07, 6.45) is 9.60. The highest BCUT2D eigenvalue weighted by molar-refractivity contribution is 7.85. The van der Waals surface area contributed by atoms with E-state index in [4.69, 9.17) is 0 Å². The van der Waals surface area contributed by atoms with Crippen LogP contribution < -0.4 is 5.32 Å². The first-order valence-electron chi connectivity index (χ1n) is 19.8. The standard InChI is InChI=1S/C22H25FN2O.C14H18N2O.C9H11FO3S/c23-19-6-4-16(5-7-19)9-13-25-14-10-18(11-15-25)22(26)20-3-1-2-17-8-12-24-21(17)20;17-14(11-4-7-15-8-5-11)12-3-1-2-10-6-9-16-13(10)12;1-14(11,12)13-7-6-8-2-4-9(10)5-3-8/h1-8,12,18,22,24,26H,9-11,13-15H2;1-3,6,9,11,14-17H,4-5,7-8H2;2-5H,6-7H2,1H3. The molecule has 0 aliphatic carbocycles. The average Bonchev–Trinajstić information content (AvgIpc) is 3.92. The van der Waals surface area contributed by atoms with Crippen LogP contribution >= 0.6 is 0 Å². The molecule has 2 aromatic heterocycles. The van der Waals surface area contributed by atoms with Crippen molar-refractivity contribution in [3.8, 4) is 0 Å². The fourth-order valence-electron chi connectivity index (χ4n) is 7.77. The number of nitrogens with one attached hydrogen (secondary N) is 3. The summed E-state index contributed by atoms with van der Waals surface area (Å²) in [5.41, 5.74) is 6.20. The van der Waals surface area contributed by atoms with E-state index in [2.05, 4.69) is 36.5 Å². The zero-order chi connectivity index (χ0) is 40.2. The third-order valence-corrected chi connectivity index (χ3v) is 11.6. The van der Waals surface area contributed by atoms with Gasteiger partial charge in [0.1, 0.15) is 11.6 Å². The highest BCUT2D eigenvalue weighted by Gasteiger charge is 2.28. The van der Waals surface area contributed by atoms with Crippen LogP contribution in [-0.4, -0.2) is 79.1 Å². The van der Waals surface area contributed by atoms with Gasteiger partial charge < -0.3 is 30.4 Å². The number of rotatable bonds is 11. The largest absolute Gasteiger partial charge is 0.388 e. The van der Waals surface area contributed by atoms with Gasteiger partial charge in [0.15, 0.2) is 0 Å². The zero-order valence-electron chi connectivity index (χ0n) is 32.4. The molecule has 2 unspecified atom stereocenters. The molecule has 0 saturated carbocycles. The van der Waals surface area contributed by atoms with Crippen molar-refractivity contribution in [1.82, 2.24) is 20.2 Å². The quantitative estimate of drug-likeness (QED) is 0.0845. The minimum Gasteiger partial charge on any atom is -0.388 e. The van der Waals surface area contributed by atoms with E-state index < -0.39 is 16.2 Å². The number of H-pyrrole nitrogens is 2. The van der Waals surface area contributed by atoms with Gasteiger partial charge in [0, 0.05) is 30.1 Å². The first kappa shape index (κ1) is 42.2. The third kappa shape index (κ3) is 12.3. The number of hydrogen-bond acceptors (Lipinski definition) is 7. The van der Waals surface area contributed by atoms with Crippen LogP contribution in [0.15, 0.2) is 109 Å². The minimum atomic E-state index is -3.38. The molecule has 8 rings (SSSR count). The number of likely N-dealkylation sites (tertiary alicyclic amines) is 1. The molecule has 5 N–H and O–H groups in total. The molecule has 0 spiro atoms. The molecule has 4 aromatic carbocycles. The van der Waals surface area contributed by atoms with Gasteiger partial charge in [0.2, 0.25) is 0 Å². The predicted molar refractivity (Wildman–Crippen MR) is 222 cm³/mol. The molecular formula is C45H54F2N4O5S.